The summed E-state index contributed by atoms with van der Waals surface area (Å²) in [5, 5.41) is 18.9. The van der Waals surface area contributed by atoms with Crippen LogP contribution in [0.2, 0.25) is 0 Å². The third kappa shape index (κ3) is 5.08. The molecule has 0 aromatic heterocycles. The first kappa shape index (κ1) is 18.5. The summed E-state index contributed by atoms with van der Waals surface area (Å²) < 4.78 is 32.3. The number of aromatic hydroxyl groups is 1. The average Bonchev–Trinajstić information content (AvgIpc) is 2.61. The molecule has 0 aliphatic heterocycles. The fourth-order valence-electron chi connectivity index (χ4n) is 2.06. The Hall–Kier alpha value is -2.82. The van der Waals surface area contributed by atoms with Gasteiger partial charge in [0.2, 0.25) is 0 Å². The zero-order valence-corrected chi connectivity index (χ0v) is 14.5. The van der Waals surface area contributed by atoms with E-state index in [9.17, 15) is 18.8 Å². The van der Waals surface area contributed by atoms with E-state index in [1.165, 1.54) is 24.3 Å². The van der Waals surface area contributed by atoms with Crippen molar-refractivity contribution in [1.82, 2.24) is 4.72 Å². The van der Waals surface area contributed by atoms with E-state index in [2.05, 4.69) is 4.72 Å². The summed E-state index contributed by atoms with van der Waals surface area (Å²) in [6.45, 7) is 2.20. The van der Waals surface area contributed by atoms with Crippen molar-refractivity contribution in [1.29, 1.82) is 5.26 Å². The van der Waals surface area contributed by atoms with Crippen LogP contribution in [0.1, 0.15) is 18.1 Å². The molecule has 7 heteroatoms. The number of rotatable bonds is 7. The van der Waals surface area contributed by atoms with Crippen molar-refractivity contribution in [2.45, 2.75) is 13.5 Å². The molecule has 0 amide bonds. The number of nitrogens with one attached hydrogen (secondary N) is 1. The Morgan fingerprint density at radius 2 is 2.00 bits per heavy atom. The number of phenols is 1. The third-order valence-electron chi connectivity index (χ3n) is 3.29. The lowest BCUT2D eigenvalue weighted by molar-refractivity contribution is 0.318. The number of hydrogen-bond acceptors (Lipinski definition) is 5. The molecule has 2 N–H and O–H groups in total. The fraction of sp³-hybridized carbons (Fsp3) is 0.167. The quantitative estimate of drug-likeness (QED) is 0.742. The lowest BCUT2D eigenvalue weighted by Gasteiger charge is -2.08. The molecule has 0 spiro atoms. The van der Waals surface area contributed by atoms with Crippen LogP contribution in [0.4, 0.5) is 0 Å². The second-order valence-electron chi connectivity index (χ2n) is 5.09. The number of sulfonamides is 1. The van der Waals surface area contributed by atoms with E-state index in [0.29, 0.717) is 12.2 Å². The van der Waals surface area contributed by atoms with Crippen LogP contribution >= 0.6 is 0 Å². The Balaban J connectivity index is 2.24. The zero-order chi connectivity index (χ0) is 18.3. The Morgan fingerprint density at radius 1 is 1.28 bits per heavy atom. The van der Waals surface area contributed by atoms with E-state index in [0.717, 1.165) is 5.56 Å². The van der Waals surface area contributed by atoms with E-state index in [4.69, 9.17) is 4.74 Å². The summed E-state index contributed by atoms with van der Waals surface area (Å²) in [6, 6.07) is 15.1. The first-order valence-corrected chi connectivity index (χ1v) is 9.06. The molecular formula is C18H18N2O4S. The van der Waals surface area contributed by atoms with Crippen molar-refractivity contribution in [3.8, 4) is 17.6 Å². The fourth-order valence-corrected chi connectivity index (χ4v) is 2.99. The lowest BCUT2D eigenvalue weighted by Crippen LogP contribution is -2.24. The van der Waals surface area contributed by atoms with Gasteiger partial charge < -0.3 is 9.84 Å². The maximum Gasteiger partial charge on any atom is 0.251 e. The van der Waals surface area contributed by atoms with Crippen molar-refractivity contribution >= 4 is 16.1 Å². The highest BCUT2D eigenvalue weighted by atomic mass is 32.2. The predicted molar refractivity (Wildman–Crippen MR) is 95.1 cm³/mol. The molecule has 25 heavy (non-hydrogen) atoms. The van der Waals surface area contributed by atoms with Crippen LogP contribution in [0.3, 0.4) is 0 Å². The molecular weight excluding hydrogens is 340 g/mol. The molecule has 0 heterocycles. The first-order chi connectivity index (χ1) is 12.0. The molecule has 2 aromatic rings. The highest BCUT2D eigenvalue weighted by molar-refractivity contribution is 7.93. The molecule has 2 rings (SSSR count). The number of allylic oxidation sites excluding steroid dienone is 1. The Kier molecular flexibility index (Phi) is 6.17. The van der Waals surface area contributed by atoms with Gasteiger partial charge in [-0.3, -0.25) is 0 Å². The number of phenolic OH excluding ortho intramolecular Hbond substituents is 1. The van der Waals surface area contributed by atoms with E-state index in [1.54, 1.807) is 37.3 Å². The smallest absolute Gasteiger partial charge is 0.251 e. The van der Waals surface area contributed by atoms with Gasteiger partial charge in [-0.2, -0.15) is 5.26 Å². The Bertz CT molecular complexity index is 900. The van der Waals surface area contributed by atoms with E-state index in [1.807, 2.05) is 6.07 Å². The summed E-state index contributed by atoms with van der Waals surface area (Å²) in [4.78, 5) is -0.420. The molecule has 0 unspecified atom stereocenters. The van der Waals surface area contributed by atoms with E-state index in [-0.39, 0.29) is 18.0 Å². The number of nitriles is 1. The van der Waals surface area contributed by atoms with Crippen LogP contribution in [0.25, 0.3) is 6.08 Å². The summed E-state index contributed by atoms with van der Waals surface area (Å²) in [7, 11) is -3.96. The highest BCUT2D eigenvalue weighted by Crippen LogP contribution is 2.28. The molecule has 0 saturated heterocycles. The molecule has 0 fully saturated rings. The number of hydrogen-bond donors (Lipinski definition) is 2. The van der Waals surface area contributed by atoms with Gasteiger partial charge in [0, 0.05) is 6.54 Å². The largest absolute Gasteiger partial charge is 0.504 e. The molecule has 0 saturated carbocycles. The van der Waals surface area contributed by atoms with Gasteiger partial charge in [-0.05, 0) is 36.3 Å². The van der Waals surface area contributed by atoms with Gasteiger partial charge in [0.1, 0.15) is 6.07 Å². The Morgan fingerprint density at radius 3 is 2.64 bits per heavy atom. The van der Waals surface area contributed by atoms with Crippen LogP contribution in [0.15, 0.2) is 53.4 Å². The van der Waals surface area contributed by atoms with Crippen molar-refractivity contribution in [2.24, 2.45) is 0 Å². The van der Waals surface area contributed by atoms with Gasteiger partial charge >= 0.3 is 0 Å². The molecule has 2 aromatic carbocycles. The minimum absolute atomic E-state index is 0.0532. The van der Waals surface area contributed by atoms with Crippen LogP contribution in [-0.2, 0) is 16.6 Å². The number of ether oxygens (including phenoxy) is 1. The summed E-state index contributed by atoms with van der Waals surface area (Å²) in [5.74, 6) is 0.172. The van der Waals surface area contributed by atoms with Crippen LogP contribution in [0, 0.1) is 11.3 Å². The molecule has 130 valence electrons. The normalized spacial score (nSPS) is 11.8. The van der Waals surface area contributed by atoms with E-state index < -0.39 is 14.9 Å². The van der Waals surface area contributed by atoms with Gasteiger partial charge in [0.25, 0.3) is 10.0 Å². The second kappa shape index (κ2) is 8.33. The maximum atomic E-state index is 12.3. The van der Waals surface area contributed by atoms with Crippen LogP contribution in [0.5, 0.6) is 11.5 Å². The van der Waals surface area contributed by atoms with Gasteiger partial charge in [-0.15, -0.1) is 0 Å². The van der Waals surface area contributed by atoms with E-state index >= 15 is 0 Å². The molecule has 0 atom stereocenters. The maximum absolute atomic E-state index is 12.3. The molecule has 6 nitrogen and oxygen atoms in total. The highest BCUT2D eigenvalue weighted by Gasteiger charge is 2.17. The van der Waals surface area contributed by atoms with Gasteiger partial charge in [-0.25, -0.2) is 13.1 Å². The predicted octanol–water partition coefficient (Wildman–Crippen LogP) is 2.77. The SMILES string of the molecule is CCOc1cc(/C=C(\C#N)S(=O)(=O)NCc2ccccc2)ccc1O. The average molecular weight is 358 g/mol. The summed E-state index contributed by atoms with van der Waals surface area (Å²) >= 11 is 0. The van der Waals surface area contributed by atoms with Crippen molar-refractivity contribution < 1.29 is 18.3 Å². The summed E-state index contributed by atoms with van der Waals surface area (Å²) in [5.41, 5.74) is 1.22. The standard InChI is InChI=1S/C18H18N2O4S/c1-2-24-18-11-15(8-9-17(18)21)10-16(12-19)25(22,23)20-13-14-6-4-3-5-7-14/h3-11,20-21H,2,13H2,1H3/b16-10+. The Labute approximate surface area is 147 Å². The van der Waals surface area contributed by atoms with Gasteiger partial charge in [0.15, 0.2) is 16.4 Å². The van der Waals surface area contributed by atoms with Crippen molar-refractivity contribution in [3.05, 3.63) is 64.6 Å². The lowest BCUT2D eigenvalue weighted by atomic mass is 10.2. The topological polar surface area (TPSA) is 99.4 Å². The molecule has 0 aliphatic rings. The van der Waals surface area contributed by atoms with Crippen LogP contribution < -0.4 is 9.46 Å². The third-order valence-corrected chi connectivity index (χ3v) is 4.60. The van der Waals surface area contributed by atoms with Gasteiger partial charge in [0.05, 0.1) is 6.61 Å². The first-order valence-electron chi connectivity index (χ1n) is 7.57. The number of benzene rings is 2. The van der Waals surface area contributed by atoms with Crippen molar-refractivity contribution in [2.75, 3.05) is 6.61 Å². The van der Waals surface area contributed by atoms with Gasteiger partial charge in [-0.1, -0.05) is 36.4 Å². The summed E-state index contributed by atoms with van der Waals surface area (Å²) in [6.07, 6.45) is 1.23. The second-order valence-corrected chi connectivity index (χ2v) is 6.83. The minimum atomic E-state index is -3.96. The monoisotopic (exact) mass is 358 g/mol. The van der Waals surface area contributed by atoms with Crippen molar-refractivity contribution in [3.63, 3.8) is 0 Å². The number of nitrogens with zero attached hydrogens (tertiary/aromatic N) is 1. The molecule has 0 radical (unpaired) electrons. The van der Waals surface area contributed by atoms with Crippen LogP contribution in [-0.4, -0.2) is 20.1 Å². The molecule has 0 aliphatic carbocycles. The molecule has 0 bridgehead atoms. The minimum Gasteiger partial charge on any atom is -0.504 e. The zero-order valence-electron chi connectivity index (χ0n) is 13.6.